The second-order valence-electron chi connectivity index (χ2n) is 4.37. The van der Waals surface area contributed by atoms with Crippen molar-refractivity contribution in [3.8, 4) is 11.5 Å². The van der Waals surface area contributed by atoms with Crippen molar-refractivity contribution in [1.29, 1.82) is 0 Å². The van der Waals surface area contributed by atoms with Crippen LogP contribution in [0.1, 0.15) is 10.4 Å². The molecule has 0 aliphatic rings. The molecule has 5 heteroatoms. The van der Waals surface area contributed by atoms with Crippen molar-refractivity contribution in [2.45, 2.75) is 0 Å². The van der Waals surface area contributed by atoms with Crippen LogP contribution in [0, 0.1) is 0 Å². The largest absolute Gasteiger partial charge is 0.478 e. The molecule has 0 atom stereocenters. The Kier molecular flexibility index (Phi) is 3.46. The first kappa shape index (κ1) is 13.4. The van der Waals surface area contributed by atoms with Crippen LogP contribution in [0.2, 0.25) is 5.02 Å². The molecular weight excluding hydrogens is 290 g/mol. The normalized spacial score (nSPS) is 10.5. The fourth-order valence-corrected chi connectivity index (χ4v) is 2.20. The molecule has 0 unspecified atom stereocenters. The van der Waals surface area contributed by atoms with Crippen LogP contribution in [0.4, 0.5) is 0 Å². The number of pyridine rings is 1. The third-order valence-electron chi connectivity index (χ3n) is 3.00. The van der Waals surface area contributed by atoms with Crippen molar-refractivity contribution in [2.24, 2.45) is 0 Å². The fourth-order valence-electron chi connectivity index (χ4n) is 2.03. The average molecular weight is 300 g/mol. The van der Waals surface area contributed by atoms with Crippen molar-refractivity contribution in [3.63, 3.8) is 0 Å². The number of aromatic nitrogens is 1. The van der Waals surface area contributed by atoms with Gasteiger partial charge in [0.1, 0.15) is 17.1 Å². The minimum Gasteiger partial charge on any atom is -0.478 e. The van der Waals surface area contributed by atoms with Gasteiger partial charge in [0.25, 0.3) is 0 Å². The van der Waals surface area contributed by atoms with E-state index in [9.17, 15) is 9.90 Å². The summed E-state index contributed by atoms with van der Waals surface area (Å²) in [5.41, 5.74) is 0.796. The first-order valence-electron chi connectivity index (χ1n) is 6.19. The Morgan fingerprint density at radius 2 is 1.90 bits per heavy atom. The Bertz CT molecular complexity index is 833. The zero-order valence-corrected chi connectivity index (χ0v) is 11.5. The zero-order valence-electron chi connectivity index (χ0n) is 10.8. The van der Waals surface area contributed by atoms with Crippen molar-refractivity contribution < 1.29 is 14.6 Å². The smallest absolute Gasteiger partial charge is 0.339 e. The quantitative estimate of drug-likeness (QED) is 0.779. The number of hydrogen-bond donors (Lipinski definition) is 1. The van der Waals surface area contributed by atoms with Crippen molar-refractivity contribution >= 4 is 28.5 Å². The van der Waals surface area contributed by atoms with Gasteiger partial charge in [0.2, 0.25) is 0 Å². The van der Waals surface area contributed by atoms with E-state index >= 15 is 0 Å². The summed E-state index contributed by atoms with van der Waals surface area (Å²) in [5, 5.41) is 10.5. The summed E-state index contributed by atoms with van der Waals surface area (Å²) >= 11 is 5.94. The van der Waals surface area contributed by atoms with Crippen LogP contribution in [0.3, 0.4) is 0 Å². The number of carboxylic acids is 1. The van der Waals surface area contributed by atoms with Gasteiger partial charge in [-0.1, -0.05) is 23.7 Å². The number of hydrogen-bond acceptors (Lipinski definition) is 3. The molecule has 104 valence electrons. The maximum absolute atomic E-state index is 11.2. The lowest BCUT2D eigenvalue weighted by molar-refractivity contribution is 0.0694. The molecule has 0 fully saturated rings. The Balaban J connectivity index is 2.09. The third-order valence-corrected chi connectivity index (χ3v) is 3.24. The predicted octanol–water partition coefficient (Wildman–Crippen LogP) is 4.38. The highest BCUT2D eigenvalue weighted by molar-refractivity contribution is 6.31. The lowest BCUT2D eigenvalue weighted by atomic mass is 10.2. The molecular formula is C16H10ClNO3. The van der Waals surface area contributed by atoms with Crippen LogP contribution >= 0.6 is 11.6 Å². The summed E-state index contributed by atoms with van der Waals surface area (Å²) in [6.45, 7) is 0. The Labute approximate surface area is 125 Å². The van der Waals surface area contributed by atoms with E-state index < -0.39 is 5.97 Å². The van der Waals surface area contributed by atoms with Gasteiger partial charge in [0.15, 0.2) is 0 Å². The molecule has 1 N–H and O–H groups in total. The minimum atomic E-state index is -1.04. The average Bonchev–Trinajstić information content (AvgIpc) is 2.47. The van der Waals surface area contributed by atoms with E-state index in [1.165, 1.54) is 6.07 Å². The van der Waals surface area contributed by atoms with Crippen molar-refractivity contribution in [1.82, 2.24) is 4.98 Å². The van der Waals surface area contributed by atoms with Crippen LogP contribution in [-0.2, 0) is 0 Å². The molecule has 0 bridgehead atoms. The maximum Gasteiger partial charge on any atom is 0.339 e. The summed E-state index contributed by atoms with van der Waals surface area (Å²) in [6.07, 6.45) is 1.59. The van der Waals surface area contributed by atoms with Gasteiger partial charge in [-0.05, 0) is 36.4 Å². The second kappa shape index (κ2) is 5.42. The van der Waals surface area contributed by atoms with Crippen LogP contribution < -0.4 is 4.74 Å². The number of carboxylic acid groups (broad SMARTS) is 1. The van der Waals surface area contributed by atoms with Crippen LogP contribution in [0.5, 0.6) is 11.5 Å². The minimum absolute atomic E-state index is 0.108. The molecule has 3 rings (SSSR count). The lowest BCUT2D eigenvalue weighted by Crippen LogP contribution is -1.99. The van der Waals surface area contributed by atoms with Crippen LogP contribution in [0.15, 0.2) is 54.7 Å². The molecule has 0 saturated carbocycles. The highest BCUT2D eigenvalue weighted by Crippen LogP contribution is 2.31. The molecule has 0 aliphatic heterocycles. The molecule has 0 spiro atoms. The van der Waals surface area contributed by atoms with E-state index in [0.717, 1.165) is 5.39 Å². The van der Waals surface area contributed by atoms with Crippen LogP contribution in [0.25, 0.3) is 10.9 Å². The molecule has 0 saturated heterocycles. The van der Waals surface area contributed by atoms with Gasteiger partial charge in [-0.15, -0.1) is 0 Å². The SMILES string of the molecule is O=C(O)c1ccccc1Oc1ccnc2cc(Cl)ccc12. The molecule has 3 aromatic rings. The van der Waals surface area contributed by atoms with E-state index in [0.29, 0.717) is 16.3 Å². The van der Waals surface area contributed by atoms with E-state index in [4.69, 9.17) is 16.3 Å². The maximum atomic E-state index is 11.2. The summed E-state index contributed by atoms with van der Waals surface area (Å²) in [6, 6.07) is 13.4. The van der Waals surface area contributed by atoms with Crippen molar-refractivity contribution in [2.75, 3.05) is 0 Å². The van der Waals surface area contributed by atoms with E-state index in [1.54, 1.807) is 48.7 Å². The highest BCUT2D eigenvalue weighted by Gasteiger charge is 2.12. The molecule has 0 aliphatic carbocycles. The summed E-state index contributed by atoms with van der Waals surface area (Å²) < 4.78 is 5.76. The lowest BCUT2D eigenvalue weighted by Gasteiger charge is -2.10. The van der Waals surface area contributed by atoms with E-state index in [2.05, 4.69) is 4.98 Å². The third kappa shape index (κ3) is 2.66. The topological polar surface area (TPSA) is 59.4 Å². The Hall–Kier alpha value is -2.59. The molecule has 0 amide bonds. The Morgan fingerprint density at radius 1 is 1.10 bits per heavy atom. The number of carbonyl (C=O) groups is 1. The first-order chi connectivity index (χ1) is 10.1. The highest BCUT2D eigenvalue weighted by atomic mass is 35.5. The van der Waals surface area contributed by atoms with E-state index in [-0.39, 0.29) is 11.3 Å². The van der Waals surface area contributed by atoms with Gasteiger partial charge >= 0.3 is 5.97 Å². The number of benzene rings is 2. The number of fused-ring (bicyclic) bond motifs is 1. The number of halogens is 1. The monoisotopic (exact) mass is 299 g/mol. The standard InChI is InChI=1S/C16H10ClNO3/c17-10-5-6-11-13(9-10)18-8-7-15(11)21-14-4-2-1-3-12(14)16(19)20/h1-9H,(H,19,20). The van der Waals surface area contributed by atoms with Gasteiger partial charge in [-0.3, -0.25) is 4.98 Å². The summed E-state index contributed by atoms with van der Waals surface area (Å²) in [4.78, 5) is 15.4. The molecule has 0 radical (unpaired) electrons. The number of para-hydroxylation sites is 1. The summed E-state index contributed by atoms with van der Waals surface area (Å²) in [7, 11) is 0. The number of ether oxygens (including phenoxy) is 1. The number of rotatable bonds is 3. The van der Waals surface area contributed by atoms with Crippen molar-refractivity contribution in [3.05, 3.63) is 65.3 Å². The van der Waals surface area contributed by atoms with E-state index in [1.807, 2.05) is 0 Å². The first-order valence-corrected chi connectivity index (χ1v) is 6.57. The molecule has 1 aromatic heterocycles. The summed E-state index contributed by atoms with van der Waals surface area (Å²) in [5.74, 6) is -0.218. The molecule has 2 aromatic carbocycles. The van der Waals surface area contributed by atoms with Gasteiger partial charge in [-0.25, -0.2) is 4.79 Å². The van der Waals surface area contributed by atoms with Gasteiger partial charge < -0.3 is 9.84 Å². The zero-order chi connectivity index (χ0) is 14.8. The van der Waals surface area contributed by atoms with Gasteiger partial charge in [-0.2, -0.15) is 0 Å². The second-order valence-corrected chi connectivity index (χ2v) is 4.81. The fraction of sp³-hybridized carbons (Fsp3) is 0. The molecule has 21 heavy (non-hydrogen) atoms. The number of nitrogens with zero attached hydrogens (tertiary/aromatic N) is 1. The van der Waals surface area contributed by atoms with Crippen LogP contribution in [-0.4, -0.2) is 16.1 Å². The molecule has 4 nitrogen and oxygen atoms in total. The predicted molar refractivity (Wildman–Crippen MR) is 80.2 cm³/mol. The number of aromatic carboxylic acids is 1. The van der Waals surface area contributed by atoms with Gasteiger partial charge in [0, 0.05) is 16.6 Å². The van der Waals surface area contributed by atoms with Gasteiger partial charge in [0.05, 0.1) is 5.52 Å². The Morgan fingerprint density at radius 3 is 2.71 bits per heavy atom. The molecule has 1 heterocycles.